The number of esters is 1. The lowest BCUT2D eigenvalue weighted by Crippen LogP contribution is -2.08. The van der Waals surface area contributed by atoms with Crippen molar-refractivity contribution in [1.29, 1.82) is 0 Å². The summed E-state index contributed by atoms with van der Waals surface area (Å²) in [4.78, 5) is 11.2. The highest BCUT2D eigenvalue weighted by atomic mass is 35.5. The number of carbonyl (C=O) groups excluding carboxylic acids is 1. The van der Waals surface area contributed by atoms with Crippen molar-refractivity contribution in [1.82, 2.24) is 0 Å². The van der Waals surface area contributed by atoms with Gasteiger partial charge in [-0.25, -0.2) is 0 Å². The zero-order valence-electron chi connectivity index (χ0n) is 8.22. The molecule has 0 saturated heterocycles. The number of anilines is 1. The fraction of sp³-hybridized carbons (Fsp3) is 0.300. The lowest BCUT2D eigenvalue weighted by atomic mass is 10.1. The number of halogens is 2. The molecule has 82 valence electrons. The third-order valence-corrected chi connectivity index (χ3v) is 2.46. The highest BCUT2D eigenvalue weighted by Gasteiger charge is 2.11. The van der Waals surface area contributed by atoms with Crippen LogP contribution in [0.3, 0.4) is 0 Å². The van der Waals surface area contributed by atoms with Crippen LogP contribution in [-0.2, 0) is 16.0 Å². The van der Waals surface area contributed by atoms with Gasteiger partial charge in [0.1, 0.15) is 0 Å². The van der Waals surface area contributed by atoms with Crippen molar-refractivity contribution in [2.75, 3.05) is 12.3 Å². The second-order valence-corrected chi connectivity index (χ2v) is 3.76. The summed E-state index contributed by atoms with van der Waals surface area (Å²) in [5.41, 5.74) is 6.55. The molecule has 1 aromatic rings. The van der Waals surface area contributed by atoms with E-state index in [1.54, 1.807) is 19.1 Å². The number of hydrogen-bond acceptors (Lipinski definition) is 3. The van der Waals surface area contributed by atoms with Gasteiger partial charge in [-0.05, 0) is 24.6 Å². The number of carbonyl (C=O) groups is 1. The standard InChI is InChI=1S/C10H11Cl2NO2/c1-2-15-9(14)4-6-3-7(11)5-8(13)10(6)12/h3,5H,2,4,13H2,1H3. The maximum absolute atomic E-state index is 11.2. The van der Waals surface area contributed by atoms with E-state index in [0.717, 1.165) is 0 Å². The first-order valence-electron chi connectivity index (χ1n) is 4.43. The molecule has 0 amide bonds. The largest absolute Gasteiger partial charge is 0.466 e. The van der Waals surface area contributed by atoms with Gasteiger partial charge in [0.2, 0.25) is 0 Å². The predicted molar refractivity (Wildman–Crippen MR) is 61.2 cm³/mol. The molecule has 0 aromatic heterocycles. The zero-order valence-corrected chi connectivity index (χ0v) is 9.73. The van der Waals surface area contributed by atoms with E-state index in [2.05, 4.69) is 0 Å². The molecule has 0 bridgehead atoms. The molecule has 0 fully saturated rings. The number of rotatable bonds is 3. The second-order valence-electron chi connectivity index (χ2n) is 2.95. The Morgan fingerprint density at radius 1 is 1.47 bits per heavy atom. The van der Waals surface area contributed by atoms with Crippen LogP contribution in [0.5, 0.6) is 0 Å². The van der Waals surface area contributed by atoms with Crippen molar-refractivity contribution < 1.29 is 9.53 Å². The van der Waals surface area contributed by atoms with E-state index in [1.165, 1.54) is 0 Å². The summed E-state index contributed by atoms with van der Waals surface area (Å²) in [6, 6.07) is 3.15. The molecule has 0 spiro atoms. The SMILES string of the molecule is CCOC(=O)Cc1cc(Cl)cc(N)c1Cl. The summed E-state index contributed by atoms with van der Waals surface area (Å²) in [6.45, 7) is 2.08. The molecule has 0 aliphatic rings. The number of nitrogens with two attached hydrogens (primary N) is 1. The highest BCUT2D eigenvalue weighted by Crippen LogP contribution is 2.28. The fourth-order valence-electron chi connectivity index (χ4n) is 1.16. The Kier molecular flexibility index (Phi) is 4.24. The summed E-state index contributed by atoms with van der Waals surface area (Å²) in [7, 11) is 0. The lowest BCUT2D eigenvalue weighted by molar-refractivity contribution is -0.142. The third kappa shape index (κ3) is 3.29. The minimum absolute atomic E-state index is 0.0808. The van der Waals surface area contributed by atoms with Crippen LogP contribution in [0.25, 0.3) is 0 Å². The quantitative estimate of drug-likeness (QED) is 0.660. The van der Waals surface area contributed by atoms with Gasteiger partial charge in [0.15, 0.2) is 0 Å². The summed E-state index contributed by atoms with van der Waals surface area (Å²) in [6.07, 6.45) is 0.0808. The Hall–Kier alpha value is -0.930. The van der Waals surface area contributed by atoms with Gasteiger partial charge in [0.05, 0.1) is 23.7 Å². The molecule has 3 nitrogen and oxygen atoms in total. The third-order valence-electron chi connectivity index (χ3n) is 1.78. The first-order valence-corrected chi connectivity index (χ1v) is 5.19. The van der Waals surface area contributed by atoms with E-state index in [4.69, 9.17) is 33.7 Å². The van der Waals surface area contributed by atoms with Crippen LogP contribution in [0.1, 0.15) is 12.5 Å². The molecule has 5 heteroatoms. The first kappa shape index (κ1) is 12.1. The van der Waals surface area contributed by atoms with Crippen molar-refractivity contribution in [3.8, 4) is 0 Å². The van der Waals surface area contributed by atoms with Gasteiger partial charge >= 0.3 is 5.97 Å². The van der Waals surface area contributed by atoms with Gasteiger partial charge in [0.25, 0.3) is 0 Å². The Morgan fingerprint density at radius 2 is 2.13 bits per heavy atom. The summed E-state index contributed by atoms with van der Waals surface area (Å²) in [5.74, 6) is -0.346. The van der Waals surface area contributed by atoms with E-state index in [1.807, 2.05) is 0 Å². The average Bonchev–Trinajstić information content (AvgIpc) is 2.13. The van der Waals surface area contributed by atoms with Crippen molar-refractivity contribution in [3.63, 3.8) is 0 Å². The first-order chi connectivity index (χ1) is 7.04. The number of nitrogen functional groups attached to an aromatic ring is 1. The van der Waals surface area contributed by atoms with Gasteiger partial charge < -0.3 is 10.5 Å². The number of hydrogen-bond donors (Lipinski definition) is 1. The van der Waals surface area contributed by atoms with E-state index in [9.17, 15) is 4.79 Å². The number of benzene rings is 1. The molecule has 0 unspecified atom stereocenters. The van der Waals surface area contributed by atoms with Crippen LogP contribution >= 0.6 is 23.2 Å². The fourth-order valence-corrected chi connectivity index (χ4v) is 1.59. The molecule has 0 radical (unpaired) electrons. The lowest BCUT2D eigenvalue weighted by Gasteiger charge is -2.07. The van der Waals surface area contributed by atoms with Crippen LogP contribution in [0.15, 0.2) is 12.1 Å². The Morgan fingerprint density at radius 3 is 2.73 bits per heavy atom. The Balaban J connectivity index is 2.89. The molecule has 15 heavy (non-hydrogen) atoms. The van der Waals surface area contributed by atoms with Crippen molar-refractivity contribution in [2.45, 2.75) is 13.3 Å². The van der Waals surface area contributed by atoms with Crippen LogP contribution in [0, 0.1) is 0 Å². The molecular formula is C10H11Cl2NO2. The maximum atomic E-state index is 11.2. The molecule has 0 heterocycles. The topological polar surface area (TPSA) is 52.3 Å². The highest BCUT2D eigenvalue weighted by molar-refractivity contribution is 6.36. The molecule has 2 N–H and O–H groups in total. The zero-order chi connectivity index (χ0) is 11.4. The predicted octanol–water partition coefficient (Wildman–Crippen LogP) is 2.68. The molecule has 1 aromatic carbocycles. The number of ether oxygens (including phenoxy) is 1. The molecule has 0 saturated carbocycles. The van der Waals surface area contributed by atoms with E-state index >= 15 is 0 Å². The molecule has 1 rings (SSSR count). The molecule has 0 atom stereocenters. The average molecular weight is 248 g/mol. The van der Waals surface area contributed by atoms with Crippen LogP contribution in [0.4, 0.5) is 5.69 Å². The van der Waals surface area contributed by atoms with Gasteiger partial charge in [-0.3, -0.25) is 4.79 Å². The Labute approximate surface area is 98.1 Å². The maximum Gasteiger partial charge on any atom is 0.310 e. The van der Waals surface area contributed by atoms with Gasteiger partial charge in [-0.15, -0.1) is 0 Å². The minimum Gasteiger partial charge on any atom is -0.466 e. The minimum atomic E-state index is -0.346. The molecular weight excluding hydrogens is 237 g/mol. The van der Waals surface area contributed by atoms with Gasteiger partial charge in [0, 0.05) is 5.02 Å². The van der Waals surface area contributed by atoms with Crippen LogP contribution in [-0.4, -0.2) is 12.6 Å². The second kappa shape index (κ2) is 5.24. The normalized spacial score (nSPS) is 10.1. The van der Waals surface area contributed by atoms with Gasteiger partial charge in [-0.2, -0.15) is 0 Å². The van der Waals surface area contributed by atoms with E-state index < -0.39 is 0 Å². The van der Waals surface area contributed by atoms with Crippen LogP contribution < -0.4 is 5.73 Å². The van der Waals surface area contributed by atoms with Crippen molar-refractivity contribution in [3.05, 3.63) is 27.7 Å². The summed E-state index contributed by atoms with van der Waals surface area (Å²) in [5, 5.41) is 0.809. The monoisotopic (exact) mass is 247 g/mol. The van der Waals surface area contributed by atoms with E-state index in [-0.39, 0.29) is 12.4 Å². The summed E-state index contributed by atoms with van der Waals surface area (Å²) < 4.78 is 4.80. The van der Waals surface area contributed by atoms with Crippen molar-refractivity contribution >= 4 is 34.9 Å². The van der Waals surface area contributed by atoms with E-state index in [0.29, 0.717) is 27.9 Å². The van der Waals surface area contributed by atoms with Crippen LogP contribution in [0.2, 0.25) is 10.0 Å². The molecule has 0 aliphatic carbocycles. The Bertz CT molecular complexity index is 380. The smallest absolute Gasteiger partial charge is 0.310 e. The molecule has 0 aliphatic heterocycles. The summed E-state index contributed by atoms with van der Waals surface area (Å²) >= 11 is 11.7. The van der Waals surface area contributed by atoms with Crippen molar-refractivity contribution in [2.24, 2.45) is 0 Å². The van der Waals surface area contributed by atoms with Gasteiger partial charge in [-0.1, -0.05) is 23.2 Å².